The Morgan fingerprint density at radius 3 is 2.68 bits per heavy atom. The summed E-state index contributed by atoms with van der Waals surface area (Å²) in [5.41, 5.74) is 1.16. The Bertz CT molecular complexity index is 427. The molecule has 0 aromatic heterocycles. The summed E-state index contributed by atoms with van der Waals surface area (Å²) in [6, 6.07) is 5.03. The molecule has 0 heterocycles. The van der Waals surface area contributed by atoms with Crippen LogP contribution in [0.25, 0.3) is 0 Å². The Morgan fingerprint density at radius 1 is 1.37 bits per heavy atom. The van der Waals surface area contributed by atoms with E-state index >= 15 is 0 Å². The van der Waals surface area contributed by atoms with Crippen LogP contribution in [-0.2, 0) is 21.4 Å². The fourth-order valence-corrected chi connectivity index (χ4v) is 2.15. The summed E-state index contributed by atoms with van der Waals surface area (Å²) in [4.78, 5) is 4.69. The zero-order valence-corrected chi connectivity index (χ0v) is 11.9. The van der Waals surface area contributed by atoms with Gasteiger partial charge in [-0.25, -0.2) is 0 Å². The summed E-state index contributed by atoms with van der Waals surface area (Å²) >= 11 is 0. The van der Waals surface area contributed by atoms with Crippen molar-refractivity contribution in [1.82, 2.24) is 0 Å². The molecule has 0 bridgehead atoms. The molecule has 0 saturated carbocycles. The highest BCUT2D eigenvalue weighted by atomic mass is 32.2. The highest BCUT2D eigenvalue weighted by molar-refractivity contribution is 7.83. The van der Waals surface area contributed by atoms with E-state index in [-0.39, 0.29) is 6.61 Å². The molecule has 0 aliphatic heterocycles. The molecule has 0 aliphatic carbocycles. The van der Waals surface area contributed by atoms with Gasteiger partial charge in [0.1, 0.15) is 5.75 Å². The van der Waals surface area contributed by atoms with Crippen molar-refractivity contribution in [3.8, 4) is 5.75 Å². The second-order valence-electron chi connectivity index (χ2n) is 3.93. The maximum atomic E-state index is 11.3. The zero-order chi connectivity index (χ0) is 14.3. The van der Waals surface area contributed by atoms with Crippen LogP contribution in [0.5, 0.6) is 5.75 Å². The SMILES string of the molecule is CON(O)c1cc(CS(C)=O)cc(OCCCO)c1. The second-order valence-corrected chi connectivity index (χ2v) is 5.37. The van der Waals surface area contributed by atoms with E-state index in [1.807, 2.05) is 0 Å². The Balaban J connectivity index is 2.91. The number of hydrogen-bond donors (Lipinski definition) is 2. The summed E-state index contributed by atoms with van der Waals surface area (Å²) < 4.78 is 16.7. The molecule has 108 valence electrons. The summed E-state index contributed by atoms with van der Waals surface area (Å²) in [6.45, 7) is 0.419. The van der Waals surface area contributed by atoms with Crippen molar-refractivity contribution < 1.29 is 24.1 Å². The number of hydrogen-bond acceptors (Lipinski definition) is 6. The van der Waals surface area contributed by atoms with Crippen LogP contribution in [0.4, 0.5) is 5.69 Å². The van der Waals surface area contributed by atoms with Crippen LogP contribution in [0.1, 0.15) is 12.0 Å². The standard InChI is InChI=1S/C12H19NO5S/c1-17-13(15)11-6-10(9-19(2)16)7-12(8-11)18-5-3-4-14/h6-8,14-15H,3-5,9H2,1-2H3. The topological polar surface area (TPSA) is 79.2 Å². The van der Waals surface area contributed by atoms with Gasteiger partial charge in [0.25, 0.3) is 0 Å². The van der Waals surface area contributed by atoms with Gasteiger partial charge in [-0.2, -0.15) is 0 Å². The fourth-order valence-electron chi connectivity index (χ4n) is 1.52. The van der Waals surface area contributed by atoms with Gasteiger partial charge in [0.05, 0.1) is 19.4 Å². The molecule has 1 atom stereocenters. The Hall–Kier alpha value is -1.15. The minimum Gasteiger partial charge on any atom is -0.493 e. The molecule has 19 heavy (non-hydrogen) atoms. The average molecular weight is 289 g/mol. The summed E-state index contributed by atoms with van der Waals surface area (Å²) in [6.07, 6.45) is 2.12. The van der Waals surface area contributed by atoms with E-state index in [0.29, 0.717) is 35.4 Å². The Labute approximate surface area is 114 Å². The van der Waals surface area contributed by atoms with Gasteiger partial charge in [0.2, 0.25) is 0 Å². The van der Waals surface area contributed by atoms with E-state index in [0.717, 1.165) is 5.56 Å². The van der Waals surface area contributed by atoms with E-state index in [1.165, 1.54) is 7.11 Å². The van der Waals surface area contributed by atoms with Gasteiger partial charge < -0.3 is 9.84 Å². The molecule has 1 aromatic carbocycles. The molecule has 6 nitrogen and oxygen atoms in total. The lowest BCUT2D eigenvalue weighted by Gasteiger charge is -2.16. The smallest absolute Gasteiger partial charge is 0.121 e. The van der Waals surface area contributed by atoms with E-state index in [1.54, 1.807) is 24.5 Å². The van der Waals surface area contributed by atoms with Crippen molar-refractivity contribution in [1.29, 1.82) is 0 Å². The lowest BCUT2D eigenvalue weighted by atomic mass is 10.2. The highest BCUT2D eigenvalue weighted by Crippen LogP contribution is 2.24. The predicted octanol–water partition coefficient (Wildman–Crippen LogP) is 1.08. The monoisotopic (exact) mass is 289 g/mol. The number of nitrogens with zero attached hydrogens (tertiary/aromatic N) is 1. The van der Waals surface area contributed by atoms with Crippen LogP contribution in [0, 0.1) is 0 Å². The largest absolute Gasteiger partial charge is 0.493 e. The fraction of sp³-hybridized carbons (Fsp3) is 0.500. The van der Waals surface area contributed by atoms with Crippen LogP contribution in [0.3, 0.4) is 0 Å². The Kier molecular flexibility index (Phi) is 6.79. The van der Waals surface area contributed by atoms with Crippen LogP contribution in [0.15, 0.2) is 18.2 Å². The summed E-state index contributed by atoms with van der Waals surface area (Å²) in [5, 5.41) is 18.8. The van der Waals surface area contributed by atoms with Crippen molar-refractivity contribution in [3.63, 3.8) is 0 Å². The van der Waals surface area contributed by atoms with Crippen LogP contribution in [0.2, 0.25) is 0 Å². The van der Waals surface area contributed by atoms with Crippen molar-refractivity contribution in [2.75, 3.05) is 31.8 Å². The van der Waals surface area contributed by atoms with Gasteiger partial charge in [-0.1, -0.05) is 0 Å². The van der Waals surface area contributed by atoms with E-state index < -0.39 is 10.8 Å². The molecule has 0 spiro atoms. The van der Waals surface area contributed by atoms with Gasteiger partial charge in [0, 0.05) is 41.9 Å². The maximum absolute atomic E-state index is 11.3. The first-order chi connectivity index (χ1) is 9.06. The van der Waals surface area contributed by atoms with Crippen molar-refractivity contribution in [2.45, 2.75) is 12.2 Å². The zero-order valence-electron chi connectivity index (χ0n) is 11.0. The Morgan fingerprint density at radius 2 is 2.11 bits per heavy atom. The molecule has 1 rings (SSSR count). The second kappa shape index (κ2) is 8.11. The summed E-state index contributed by atoms with van der Waals surface area (Å²) in [7, 11) is 0.338. The lowest BCUT2D eigenvalue weighted by Crippen LogP contribution is -2.16. The molecule has 1 aromatic rings. The van der Waals surface area contributed by atoms with Crippen molar-refractivity contribution in [2.24, 2.45) is 0 Å². The molecule has 2 N–H and O–H groups in total. The first kappa shape index (κ1) is 15.9. The third kappa shape index (κ3) is 5.56. The van der Waals surface area contributed by atoms with Gasteiger partial charge in [0.15, 0.2) is 0 Å². The van der Waals surface area contributed by atoms with Gasteiger partial charge in [-0.05, 0) is 17.7 Å². The highest BCUT2D eigenvalue weighted by Gasteiger charge is 2.08. The van der Waals surface area contributed by atoms with Crippen LogP contribution >= 0.6 is 0 Å². The first-order valence-electron chi connectivity index (χ1n) is 5.77. The molecule has 7 heteroatoms. The van der Waals surface area contributed by atoms with Gasteiger partial charge in [-0.15, -0.1) is 5.23 Å². The third-order valence-electron chi connectivity index (χ3n) is 2.29. The van der Waals surface area contributed by atoms with E-state index in [4.69, 9.17) is 14.7 Å². The molecule has 0 aliphatic rings. The molecule has 0 saturated heterocycles. The normalized spacial score (nSPS) is 12.2. The number of benzene rings is 1. The molecule has 1 unspecified atom stereocenters. The van der Waals surface area contributed by atoms with Gasteiger partial charge in [-0.3, -0.25) is 14.3 Å². The number of aliphatic hydroxyl groups is 1. The van der Waals surface area contributed by atoms with Crippen molar-refractivity contribution in [3.05, 3.63) is 23.8 Å². The van der Waals surface area contributed by atoms with Gasteiger partial charge >= 0.3 is 0 Å². The average Bonchev–Trinajstić information content (AvgIpc) is 2.37. The number of rotatable bonds is 8. The minimum atomic E-state index is -0.992. The van der Waals surface area contributed by atoms with E-state index in [9.17, 15) is 9.42 Å². The minimum absolute atomic E-state index is 0.0513. The van der Waals surface area contributed by atoms with Crippen LogP contribution in [-0.4, -0.2) is 41.1 Å². The van der Waals surface area contributed by atoms with Crippen LogP contribution < -0.4 is 9.96 Å². The molecular formula is C12H19NO5S. The quantitative estimate of drug-likeness (QED) is 0.551. The number of aliphatic hydroxyl groups excluding tert-OH is 1. The molecule has 0 fully saturated rings. The maximum Gasteiger partial charge on any atom is 0.121 e. The van der Waals surface area contributed by atoms with Crippen molar-refractivity contribution >= 4 is 16.5 Å². The molecule has 0 radical (unpaired) electrons. The number of anilines is 1. The van der Waals surface area contributed by atoms with E-state index in [2.05, 4.69) is 0 Å². The lowest BCUT2D eigenvalue weighted by molar-refractivity contribution is -0.0111. The summed E-state index contributed by atoms with van der Waals surface area (Å²) in [5.74, 6) is 0.893. The predicted molar refractivity (Wildman–Crippen MR) is 72.7 cm³/mol. The molecule has 0 amide bonds. The number of ether oxygens (including phenoxy) is 1. The third-order valence-corrected chi connectivity index (χ3v) is 3.03. The first-order valence-corrected chi connectivity index (χ1v) is 7.50. The molecular weight excluding hydrogens is 270 g/mol.